The summed E-state index contributed by atoms with van der Waals surface area (Å²) in [6.45, 7) is 5.79. The van der Waals surface area contributed by atoms with Gasteiger partial charge in [0.2, 0.25) is 5.91 Å². The van der Waals surface area contributed by atoms with Crippen LogP contribution in [-0.4, -0.2) is 46.5 Å². The van der Waals surface area contributed by atoms with Gasteiger partial charge < -0.3 is 4.90 Å². The molecule has 1 aromatic carbocycles. The summed E-state index contributed by atoms with van der Waals surface area (Å²) in [6, 6.07) is 8.40. The van der Waals surface area contributed by atoms with Gasteiger partial charge in [-0.2, -0.15) is 5.10 Å². The molecule has 0 aliphatic heterocycles. The van der Waals surface area contributed by atoms with Gasteiger partial charge in [-0.15, -0.1) is 0 Å². The first kappa shape index (κ1) is 16.2. The van der Waals surface area contributed by atoms with E-state index in [1.165, 1.54) is 11.1 Å². The number of hydrogen-bond donors (Lipinski definition) is 1. The van der Waals surface area contributed by atoms with Crippen molar-refractivity contribution in [2.24, 2.45) is 0 Å². The maximum absolute atomic E-state index is 12.3. The molecule has 0 aliphatic carbocycles. The molecule has 1 amide bonds. The van der Waals surface area contributed by atoms with Gasteiger partial charge in [0.1, 0.15) is 0 Å². The first-order chi connectivity index (χ1) is 10.5. The third kappa shape index (κ3) is 4.43. The Hall–Kier alpha value is -2.14. The summed E-state index contributed by atoms with van der Waals surface area (Å²) in [4.78, 5) is 16.1. The van der Waals surface area contributed by atoms with Crippen molar-refractivity contribution in [1.82, 2.24) is 20.0 Å². The van der Waals surface area contributed by atoms with Gasteiger partial charge in [-0.25, -0.2) is 0 Å². The minimum absolute atomic E-state index is 0.107. The molecular weight excluding hydrogens is 276 g/mol. The number of nitrogens with one attached hydrogen (secondary N) is 1. The second kappa shape index (κ2) is 7.22. The van der Waals surface area contributed by atoms with Gasteiger partial charge in [0.15, 0.2) is 0 Å². The van der Waals surface area contributed by atoms with E-state index in [1.807, 2.05) is 25.9 Å². The van der Waals surface area contributed by atoms with Crippen molar-refractivity contribution in [1.29, 1.82) is 0 Å². The smallest absolute Gasteiger partial charge is 0.236 e. The van der Waals surface area contributed by atoms with Crippen LogP contribution in [0.15, 0.2) is 30.5 Å². The summed E-state index contributed by atoms with van der Waals surface area (Å²) in [6.07, 6.45) is 1.77. The highest BCUT2D eigenvalue weighted by Crippen LogP contribution is 2.08. The third-order valence-electron chi connectivity index (χ3n) is 3.75. The van der Waals surface area contributed by atoms with Crippen LogP contribution in [0.25, 0.3) is 0 Å². The van der Waals surface area contributed by atoms with Crippen LogP contribution in [-0.2, 0) is 17.9 Å². The Morgan fingerprint density at radius 2 is 1.82 bits per heavy atom. The largest absolute Gasteiger partial charge is 0.340 e. The molecule has 0 radical (unpaired) electrons. The number of H-pyrrole nitrogens is 1. The van der Waals surface area contributed by atoms with Crippen LogP contribution < -0.4 is 0 Å². The summed E-state index contributed by atoms with van der Waals surface area (Å²) in [5, 5.41) is 6.88. The lowest BCUT2D eigenvalue weighted by atomic mass is 10.1. The second-order valence-electron chi connectivity index (χ2n) is 5.93. The molecule has 2 rings (SSSR count). The Morgan fingerprint density at radius 3 is 2.41 bits per heavy atom. The van der Waals surface area contributed by atoms with Crippen molar-refractivity contribution in [3.05, 3.63) is 52.8 Å². The van der Waals surface area contributed by atoms with Crippen LogP contribution in [0.5, 0.6) is 0 Å². The molecule has 118 valence electrons. The molecule has 5 nitrogen and oxygen atoms in total. The maximum Gasteiger partial charge on any atom is 0.236 e. The Labute approximate surface area is 131 Å². The van der Waals surface area contributed by atoms with Crippen molar-refractivity contribution >= 4 is 5.91 Å². The number of carbonyl (C=O) groups is 1. The number of carbonyl (C=O) groups excluding carboxylic acids is 1. The van der Waals surface area contributed by atoms with E-state index < -0.39 is 0 Å². The zero-order valence-electron chi connectivity index (χ0n) is 13.8. The van der Waals surface area contributed by atoms with Gasteiger partial charge in [-0.05, 0) is 26.5 Å². The molecule has 2 aromatic rings. The molecule has 0 saturated heterocycles. The Balaban J connectivity index is 1.85. The van der Waals surface area contributed by atoms with Crippen LogP contribution in [0.2, 0.25) is 0 Å². The molecule has 1 heterocycles. The van der Waals surface area contributed by atoms with Crippen LogP contribution in [0.3, 0.4) is 0 Å². The lowest BCUT2D eigenvalue weighted by molar-refractivity contribution is -0.131. The van der Waals surface area contributed by atoms with E-state index >= 15 is 0 Å². The minimum Gasteiger partial charge on any atom is -0.340 e. The standard InChI is InChI=1S/C17H24N4O/c1-13-5-7-15(8-6-13)10-20(3)12-17(22)21(4)11-16-9-18-19-14(16)2/h5-9H,10-12H2,1-4H3,(H,18,19). The van der Waals surface area contributed by atoms with Gasteiger partial charge in [0, 0.05) is 31.4 Å². The lowest BCUT2D eigenvalue weighted by Crippen LogP contribution is -2.36. The highest BCUT2D eigenvalue weighted by Gasteiger charge is 2.14. The number of benzene rings is 1. The van der Waals surface area contributed by atoms with Gasteiger partial charge in [0.05, 0.1) is 12.7 Å². The molecule has 0 spiro atoms. The van der Waals surface area contributed by atoms with Crippen LogP contribution >= 0.6 is 0 Å². The van der Waals surface area contributed by atoms with E-state index in [9.17, 15) is 4.79 Å². The number of aromatic nitrogens is 2. The zero-order valence-corrected chi connectivity index (χ0v) is 13.8. The van der Waals surface area contributed by atoms with Crippen molar-refractivity contribution in [2.75, 3.05) is 20.6 Å². The van der Waals surface area contributed by atoms with Gasteiger partial charge in [-0.1, -0.05) is 29.8 Å². The summed E-state index contributed by atoms with van der Waals surface area (Å²) in [5.74, 6) is 0.107. The first-order valence-corrected chi connectivity index (χ1v) is 7.42. The fourth-order valence-electron chi connectivity index (χ4n) is 2.29. The van der Waals surface area contributed by atoms with E-state index in [1.54, 1.807) is 11.1 Å². The Morgan fingerprint density at radius 1 is 1.14 bits per heavy atom. The normalized spacial score (nSPS) is 11.0. The number of likely N-dealkylation sites (N-methyl/N-ethyl adjacent to an activating group) is 2. The molecule has 0 atom stereocenters. The molecule has 0 unspecified atom stereocenters. The number of amides is 1. The topological polar surface area (TPSA) is 52.2 Å². The van der Waals surface area contributed by atoms with E-state index in [4.69, 9.17) is 0 Å². The average Bonchev–Trinajstić information content (AvgIpc) is 2.86. The highest BCUT2D eigenvalue weighted by molar-refractivity contribution is 5.77. The monoisotopic (exact) mass is 300 g/mol. The van der Waals surface area contributed by atoms with Gasteiger partial charge in [-0.3, -0.25) is 14.8 Å². The van der Waals surface area contributed by atoms with E-state index in [0.29, 0.717) is 13.1 Å². The fraction of sp³-hybridized carbons (Fsp3) is 0.412. The molecule has 22 heavy (non-hydrogen) atoms. The quantitative estimate of drug-likeness (QED) is 0.889. The molecule has 1 N–H and O–H groups in total. The number of aryl methyl sites for hydroxylation is 2. The van der Waals surface area contributed by atoms with Crippen molar-refractivity contribution < 1.29 is 4.79 Å². The van der Waals surface area contributed by atoms with Crippen LogP contribution in [0.4, 0.5) is 0 Å². The van der Waals surface area contributed by atoms with Crippen molar-refractivity contribution in [2.45, 2.75) is 26.9 Å². The summed E-state index contributed by atoms with van der Waals surface area (Å²) < 4.78 is 0. The molecule has 5 heteroatoms. The number of aromatic amines is 1. The Bertz CT molecular complexity index is 618. The number of nitrogens with zero attached hydrogens (tertiary/aromatic N) is 3. The highest BCUT2D eigenvalue weighted by atomic mass is 16.2. The Kier molecular flexibility index (Phi) is 5.33. The predicted molar refractivity (Wildman–Crippen MR) is 87.3 cm³/mol. The summed E-state index contributed by atoms with van der Waals surface area (Å²) in [7, 11) is 3.79. The SMILES string of the molecule is Cc1ccc(CN(C)CC(=O)N(C)Cc2cn[nH]c2C)cc1. The predicted octanol–water partition coefficient (Wildman–Crippen LogP) is 2.12. The molecular formula is C17H24N4O. The average molecular weight is 300 g/mol. The van der Waals surface area contributed by atoms with Gasteiger partial charge in [0.25, 0.3) is 0 Å². The first-order valence-electron chi connectivity index (χ1n) is 7.42. The van der Waals surface area contributed by atoms with Crippen molar-refractivity contribution in [3.8, 4) is 0 Å². The number of hydrogen-bond acceptors (Lipinski definition) is 3. The minimum atomic E-state index is 0.107. The second-order valence-corrected chi connectivity index (χ2v) is 5.93. The van der Waals surface area contributed by atoms with Crippen LogP contribution in [0, 0.1) is 13.8 Å². The molecule has 0 bridgehead atoms. The summed E-state index contributed by atoms with van der Waals surface area (Å²) in [5.41, 5.74) is 4.52. The fourth-order valence-corrected chi connectivity index (χ4v) is 2.29. The van der Waals surface area contributed by atoms with E-state index in [0.717, 1.165) is 17.8 Å². The molecule has 0 aliphatic rings. The molecule has 0 fully saturated rings. The summed E-state index contributed by atoms with van der Waals surface area (Å²) >= 11 is 0. The molecule has 1 aromatic heterocycles. The molecule has 0 saturated carbocycles. The number of rotatable bonds is 6. The van der Waals surface area contributed by atoms with Crippen molar-refractivity contribution in [3.63, 3.8) is 0 Å². The third-order valence-corrected chi connectivity index (χ3v) is 3.75. The zero-order chi connectivity index (χ0) is 16.1. The van der Waals surface area contributed by atoms with E-state index in [-0.39, 0.29) is 5.91 Å². The maximum atomic E-state index is 12.3. The van der Waals surface area contributed by atoms with E-state index in [2.05, 4.69) is 41.4 Å². The van der Waals surface area contributed by atoms with Gasteiger partial charge >= 0.3 is 0 Å². The van der Waals surface area contributed by atoms with Crippen LogP contribution in [0.1, 0.15) is 22.4 Å². The lowest BCUT2D eigenvalue weighted by Gasteiger charge is -2.22.